The average Bonchev–Trinajstić information content (AvgIpc) is 2.79. The Morgan fingerprint density at radius 2 is 1.73 bits per heavy atom. The topological polar surface area (TPSA) is 51.6 Å². The number of nitrogens with zero attached hydrogens (tertiary/aromatic N) is 3. The van der Waals surface area contributed by atoms with Gasteiger partial charge in [0.1, 0.15) is 11.6 Å². The number of nitrogens with one attached hydrogen (secondary N) is 1. The van der Waals surface area contributed by atoms with Gasteiger partial charge in [0.25, 0.3) is 0 Å². The fourth-order valence-corrected chi connectivity index (χ4v) is 4.74. The van der Waals surface area contributed by atoms with Crippen molar-refractivity contribution in [1.82, 2.24) is 14.8 Å². The first-order valence-corrected chi connectivity index (χ1v) is 12.1. The van der Waals surface area contributed by atoms with Crippen LogP contribution in [0.25, 0.3) is 22.4 Å². The lowest BCUT2D eigenvalue weighted by atomic mass is 10.0. The summed E-state index contributed by atoms with van der Waals surface area (Å²) >= 11 is 13.0. The summed E-state index contributed by atoms with van der Waals surface area (Å²) in [5.41, 5.74) is 4.02. The van der Waals surface area contributed by atoms with Gasteiger partial charge in [-0.05, 0) is 68.9 Å². The smallest absolute Gasteiger partial charge is 0.127 e. The molecule has 5 nitrogen and oxygen atoms in total. The Labute approximate surface area is 206 Å². The van der Waals surface area contributed by atoms with Crippen LogP contribution < -0.4 is 5.32 Å². The van der Waals surface area contributed by atoms with Crippen molar-refractivity contribution in [3.63, 3.8) is 0 Å². The summed E-state index contributed by atoms with van der Waals surface area (Å²) in [6.45, 7) is 8.34. The predicted molar refractivity (Wildman–Crippen MR) is 139 cm³/mol. The van der Waals surface area contributed by atoms with E-state index in [1.54, 1.807) is 6.07 Å². The van der Waals surface area contributed by atoms with Gasteiger partial charge < -0.3 is 20.2 Å². The number of piperazine rings is 1. The number of phenols is 1. The van der Waals surface area contributed by atoms with Crippen molar-refractivity contribution in [2.45, 2.75) is 13.3 Å². The molecule has 3 aromatic rings. The van der Waals surface area contributed by atoms with Gasteiger partial charge in [-0.2, -0.15) is 0 Å². The molecule has 0 aliphatic carbocycles. The fourth-order valence-electron chi connectivity index (χ4n) is 4.12. The molecular formula is C26H30Cl2N4O. The maximum atomic E-state index is 10.5. The van der Waals surface area contributed by atoms with Crippen molar-refractivity contribution in [3.8, 4) is 28.1 Å². The van der Waals surface area contributed by atoms with Gasteiger partial charge in [-0.15, -0.1) is 0 Å². The van der Waals surface area contributed by atoms with Crippen LogP contribution in [0.4, 0.5) is 5.82 Å². The highest BCUT2D eigenvalue weighted by molar-refractivity contribution is 6.39. The number of phenolic OH excluding ortho intramolecular Hbond substituents is 1. The van der Waals surface area contributed by atoms with E-state index in [-0.39, 0.29) is 5.75 Å². The molecule has 0 unspecified atom stereocenters. The van der Waals surface area contributed by atoms with E-state index in [9.17, 15) is 5.11 Å². The van der Waals surface area contributed by atoms with Crippen LogP contribution in [0.5, 0.6) is 5.75 Å². The third-order valence-corrected chi connectivity index (χ3v) is 6.69. The minimum Gasteiger partial charge on any atom is -0.507 e. The lowest BCUT2D eigenvalue weighted by Crippen LogP contribution is -2.44. The molecule has 2 heterocycles. The minimum atomic E-state index is 0.191. The molecule has 2 aromatic carbocycles. The first-order valence-electron chi connectivity index (χ1n) is 11.3. The molecule has 1 aromatic heterocycles. The summed E-state index contributed by atoms with van der Waals surface area (Å²) in [6.07, 6.45) is 1.02. The summed E-state index contributed by atoms with van der Waals surface area (Å²) in [5.74, 6) is 0.925. The number of hydrogen-bond donors (Lipinski definition) is 2. The summed E-state index contributed by atoms with van der Waals surface area (Å²) < 4.78 is 0. The molecule has 0 spiro atoms. The van der Waals surface area contributed by atoms with Gasteiger partial charge in [0.05, 0.1) is 5.69 Å². The molecule has 1 fully saturated rings. The van der Waals surface area contributed by atoms with E-state index in [2.05, 4.69) is 22.2 Å². The molecule has 0 atom stereocenters. The third kappa shape index (κ3) is 5.98. The summed E-state index contributed by atoms with van der Waals surface area (Å²) in [6, 6.07) is 14.9. The molecule has 2 N–H and O–H groups in total. The van der Waals surface area contributed by atoms with Gasteiger partial charge in [-0.3, -0.25) is 0 Å². The van der Waals surface area contributed by atoms with E-state index in [4.69, 9.17) is 28.2 Å². The number of aromatic nitrogens is 1. The SMILES string of the molecule is Cc1ccc(O)c(-c2cc(-c3c(Cl)cccc3Cl)cc(NCCCN3CCN(C)CC3)n2)c1. The maximum absolute atomic E-state index is 10.5. The highest BCUT2D eigenvalue weighted by atomic mass is 35.5. The summed E-state index contributed by atoms with van der Waals surface area (Å²) in [5, 5.41) is 15.1. The van der Waals surface area contributed by atoms with Crippen molar-refractivity contribution >= 4 is 29.0 Å². The molecule has 0 bridgehead atoms. The minimum absolute atomic E-state index is 0.191. The van der Waals surface area contributed by atoms with Crippen LogP contribution in [0.3, 0.4) is 0 Å². The first kappa shape index (κ1) is 23.8. The number of anilines is 1. The first-order chi connectivity index (χ1) is 15.9. The van der Waals surface area contributed by atoms with E-state index < -0.39 is 0 Å². The van der Waals surface area contributed by atoms with Crippen molar-refractivity contribution in [3.05, 3.63) is 64.1 Å². The highest BCUT2D eigenvalue weighted by Gasteiger charge is 2.15. The highest BCUT2D eigenvalue weighted by Crippen LogP contribution is 2.38. The van der Waals surface area contributed by atoms with Crippen LogP contribution >= 0.6 is 23.2 Å². The molecule has 0 amide bonds. The quantitative estimate of drug-likeness (QED) is 0.415. The molecule has 0 saturated carbocycles. The monoisotopic (exact) mass is 484 g/mol. The Morgan fingerprint density at radius 3 is 2.45 bits per heavy atom. The van der Waals surface area contributed by atoms with Crippen molar-refractivity contribution in [2.75, 3.05) is 51.6 Å². The molecule has 174 valence electrons. The predicted octanol–water partition coefficient (Wildman–Crippen LogP) is 5.79. The van der Waals surface area contributed by atoms with Crippen LogP contribution in [-0.2, 0) is 0 Å². The Morgan fingerprint density at radius 1 is 1.00 bits per heavy atom. The van der Waals surface area contributed by atoms with Gasteiger partial charge in [-0.1, -0.05) is 40.9 Å². The largest absolute Gasteiger partial charge is 0.507 e. The molecule has 4 rings (SSSR count). The molecule has 7 heteroatoms. The Bertz CT molecular complexity index is 1090. The van der Waals surface area contributed by atoms with Crippen LogP contribution in [0.1, 0.15) is 12.0 Å². The van der Waals surface area contributed by atoms with E-state index in [1.807, 2.05) is 49.4 Å². The molecular weight excluding hydrogens is 455 g/mol. The number of pyridine rings is 1. The lowest BCUT2D eigenvalue weighted by molar-refractivity contribution is 0.154. The standard InChI is InChI=1S/C26H30Cl2N4O/c1-18-7-8-24(33)20(15-18)23-16-19(26-21(27)5-3-6-22(26)28)17-25(30-23)29-9-4-10-32-13-11-31(2)12-14-32/h3,5-8,15-17,33H,4,9-14H2,1-2H3,(H,29,30). The third-order valence-electron chi connectivity index (χ3n) is 6.06. The number of halogens is 2. The zero-order chi connectivity index (χ0) is 23.4. The number of rotatable bonds is 7. The van der Waals surface area contributed by atoms with Crippen molar-refractivity contribution in [2.24, 2.45) is 0 Å². The van der Waals surface area contributed by atoms with Gasteiger partial charge in [0.2, 0.25) is 0 Å². The second kappa shape index (κ2) is 10.7. The second-order valence-corrected chi connectivity index (χ2v) is 9.48. The number of aryl methyl sites for hydroxylation is 1. The van der Waals surface area contributed by atoms with Gasteiger partial charge in [-0.25, -0.2) is 4.98 Å². The maximum Gasteiger partial charge on any atom is 0.127 e. The van der Waals surface area contributed by atoms with Gasteiger partial charge in [0, 0.05) is 53.9 Å². The lowest BCUT2D eigenvalue weighted by Gasteiger charge is -2.32. The van der Waals surface area contributed by atoms with E-state index in [1.165, 1.54) is 0 Å². The second-order valence-electron chi connectivity index (χ2n) is 8.67. The molecule has 0 radical (unpaired) electrons. The molecule has 1 aliphatic heterocycles. The average molecular weight is 485 g/mol. The number of hydrogen-bond acceptors (Lipinski definition) is 5. The van der Waals surface area contributed by atoms with Crippen molar-refractivity contribution in [1.29, 1.82) is 0 Å². The number of benzene rings is 2. The van der Waals surface area contributed by atoms with E-state index >= 15 is 0 Å². The fraction of sp³-hybridized carbons (Fsp3) is 0.346. The van der Waals surface area contributed by atoms with E-state index in [0.717, 1.165) is 68.2 Å². The Hall–Kier alpha value is -2.31. The zero-order valence-electron chi connectivity index (χ0n) is 19.1. The van der Waals surface area contributed by atoms with Gasteiger partial charge >= 0.3 is 0 Å². The normalized spacial score (nSPS) is 15.0. The van der Waals surface area contributed by atoms with E-state index in [0.29, 0.717) is 21.3 Å². The van der Waals surface area contributed by atoms with Crippen LogP contribution in [0, 0.1) is 6.92 Å². The summed E-state index contributed by atoms with van der Waals surface area (Å²) in [4.78, 5) is 9.68. The number of likely N-dealkylation sites (N-methyl/N-ethyl adjacent to an activating group) is 1. The van der Waals surface area contributed by atoms with Crippen LogP contribution in [-0.4, -0.2) is 66.2 Å². The van der Waals surface area contributed by atoms with Crippen molar-refractivity contribution < 1.29 is 5.11 Å². The van der Waals surface area contributed by atoms with Crippen LogP contribution in [0.15, 0.2) is 48.5 Å². The van der Waals surface area contributed by atoms with Gasteiger partial charge in [0.15, 0.2) is 0 Å². The Balaban J connectivity index is 1.59. The Kier molecular flexibility index (Phi) is 7.76. The zero-order valence-corrected chi connectivity index (χ0v) is 20.6. The summed E-state index contributed by atoms with van der Waals surface area (Å²) in [7, 11) is 2.17. The molecule has 1 aliphatic rings. The van der Waals surface area contributed by atoms with Crippen LogP contribution in [0.2, 0.25) is 10.0 Å². The molecule has 33 heavy (non-hydrogen) atoms. The number of aromatic hydroxyl groups is 1. The molecule has 1 saturated heterocycles.